The number of fused-ring (bicyclic) bond motifs is 1. The molecule has 258 valence electrons. The van der Waals surface area contributed by atoms with Gasteiger partial charge in [0.2, 0.25) is 10.0 Å². The smallest absolute Gasteiger partial charge is 0.328 e. The predicted molar refractivity (Wildman–Crippen MR) is 170 cm³/mol. The molecule has 1 saturated carbocycles. The van der Waals surface area contributed by atoms with Crippen molar-refractivity contribution < 1.29 is 53.5 Å². The number of benzene rings is 1. The third kappa shape index (κ3) is 15.6. The number of carboxylic acids is 4. The lowest BCUT2D eigenvalue weighted by Crippen LogP contribution is -2.35. The van der Waals surface area contributed by atoms with Crippen LogP contribution in [-0.4, -0.2) is 107 Å². The number of rotatable bonds is 11. The summed E-state index contributed by atoms with van der Waals surface area (Å²) in [4.78, 5) is 43.5. The van der Waals surface area contributed by atoms with E-state index in [0.29, 0.717) is 41.8 Å². The van der Waals surface area contributed by atoms with Crippen LogP contribution in [0.4, 0.5) is 0 Å². The van der Waals surface area contributed by atoms with E-state index in [1.54, 1.807) is 6.07 Å². The maximum absolute atomic E-state index is 12.8. The minimum absolute atomic E-state index is 0. The van der Waals surface area contributed by atoms with E-state index in [-0.39, 0.29) is 5.48 Å². The first-order valence-corrected chi connectivity index (χ1v) is 16.6. The Hall–Kier alpha value is -3.63. The number of nitrogens with one attached hydrogen (secondary N) is 1. The van der Waals surface area contributed by atoms with Crippen molar-refractivity contribution in [3.63, 3.8) is 0 Å². The molecule has 14 nitrogen and oxygen atoms in total. The topological polar surface area (TPSA) is 233 Å². The van der Waals surface area contributed by atoms with Crippen LogP contribution in [0.1, 0.15) is 62.5 Å². The summed E-state index contributed by atoms with van der Waals surface area (Å²) >= 11 is 0. The van der Waals surface area contributed by atoms with Gasteiger partial charge in [-0.3, -0.25) is 4.90 Å². The fourth-order valence-corrected chi connectivity index (χ4v) is 6.82. The third-order valence-corrected chi connectivity index (χ3v) is 9.46. The van der Waals surface area contributed by atoms with Crippen molar-refractivity contribution >= 4 is 33.9 Å². The van der Waals surface area contributed by atoms with Crippen molar-refractivity contribution in [2.24, 2.45) is 5.92 Å². The number of aliphatic carboxylic acids is 4. The van der Waals surface area contributed by atoms with Crippen molar-refractivity contribution in [3.8, 4) is 0 Å². The third-order valence-electron chi connectivity index (χ3n) is 8.00. The maximum Gasteiger partial charge on any atom is 0.328 e. The van der Waals surface area contributed by atoms with Gasteiger partial charge in [-0.25, -0.2) is 32.3 Å². The van der Waals surface area contributed by atoms with Crippen molar-refractivity contribution in [2.75, 3.05) is 33.2 Å². The fourth-order valence-electron chi connectivity index (χ4n) is 5.72. The molecule has 1 aromatic carbocycles. The highest BCUT2D eigenvalue weighted by atomic mass is 32.2. The zero-order valence-electron chi connectivity index (χ0n) is 26.1. The Morgan fingerprint density at radius 1 is 0.826 bits per heavy atom. The van der Waals surface area contributed by atoms with E-state index < -0.39 is 33.9 Å². The van der Waals surface area contributed by atoms with E-state index in [4.69, 9.17) is 20.4 Å². The van der Waals surface area contributed by atoms with Crippen molar-refractivity contribution in [3.05, 3.63) is 53.6 Å². The lowest BCUT2D eigenvalue weighted by Gasteiger charge is -2.33. The van der Waals surface area contributed by atoms with Crippen LogP contribution in [0.15, 0.2) is 47.4 Å². The molecule has 7 N–H and O–H groups in total. The molecule has 1 aliphatic carbocycles. The predicted octanol–water partition coefficient (Wildman–Crippen LogP) is 1.99. The summed E-state index contributed by atoms with van der Waals surface area (Å²) in [5.74, 6) is -4.20. The van der Waals surface area contributed by atoms with E-state index in [9.17, 15) is 27.6 Å². The summed E-state index contributed by atoms with van der Waals surface area (Å²) in [5.41, 5.74) is 2.52. The average molecular weight is 670 g/mol. The van der Waals surface area contributed by atoms with Crippen molar-refractivity contribution in [1.29, 1.82) is 0 Å². The Labute approximate surface area is 269 Å². The van der Waals surface area contributed by atoms with Crippen LogP contribution in [0.2, 0.25) is 0 Å². The largest absolute Gasteiger partial charge is 0.478 e. The molecule has 0 unspecified atom stereocenters. The molecule has 1 saturated heterocycles. The molecule has 0 spiro atoms. The number of carbonyl (C=O) groups is 4. The normalized spacial score (nSPS) is 18.8. The molecule has 3 aliphatic rings. The SMILES string of the molecule is CN1CCC[C@H]1CCNS(=O)(=O)c1ccc2c(c1)CN(CC1CCCCC1)CC2.O.O=C(O)/C=C/C(=O)O.O=C(O)/C=C/C(=O)O. The zero-order chi connectivity index (χ0) is 33.4. The summed E-state index contributed by atoms with van der Waals surface area (Å²) in [7, 11) is -1.30. The maximum atomic E-state index is 12.8. The number of hydrogen-bond acceptors (Lipinski definition) is 8. The van der Waals surface area contributed by atoms with Gasteiger partial charge >= 0.3 is 23.9 Å². The van der Waals surface area contributed by atoms with Gasteiger partial charge in [0.15, 0.2) is 0 Å². The number of nitrogens with zero attached hydrogens (tertiary/aromatic N) is 2. The Morgan fingerprint density at radius 2 is 1.39 bits per heavy atom. The van der Waals surface area contributed by atoms with E-state index in [1.165, 1.54) is 62.6 Å². The minimum Gasteiger partial charge on any atom is -0.478 e. The van der Waals surface area contributed by atoms with E-state index in [0.717, 1.165) is 38.4 Å². The molecule has 46 heavy (non-hydrogen) atoms. The van der Waals surface area contributed by atoms with Gasteiger partial charge in [-0.15, -0.1) is 0 Å². The van der Waals surface area contributed by atoms with Gasteiger partial charge in [0.25, 0.3) is 0 Å². The van der Waals surface area contributed by atoms with Gasteiger partial charge in [-0.05, 0) is 81.3 Å². The first kappa shape index (κ1) is 40.4. The molecule has 0 amide bonds. The molecule has 2 aliphatic heterocycles. The molecule has 15 heteroatoms. The highest BCUT2D eigenvalue weighted by molar-refractivity contribution is 7.89. The molecular formula is C31H47N3O11S. The summed E-state index contributed by atoms with van der Waals surface area (Å²) in [6.07, 6.45) is 13.4. The van der Waals surface area contributed by atoms with Crippen LogP contribution >= 0.6 is 0 Å². The van der Waals surface area contributed by atoms with Crippen LogP contribution in [0.5, 0.6) is 0 Å². The number of hydrogen-bond donors (Lipinski definition) is 5. The van der Waals surface area contributed by atoms with E-state index in [1.807, 2.05) is 12.1 Å². The molecule has 4 rings (SSSR count). The van der Waals surface area contributed by atoms with Crippen molar-refractivity contribution in [1.82, 2.24) is 14.5 Å². The van der Waals surface area contributed by atoms with Gasteiger partial charge in [-0.2, -0.15) is 0 Å². The Bertz CT molecular complexity index is 1260. The standard InChI is InChI=1S/C23H37N3O2S.2C4H4O4.H2O/c1-25-14-5-8-22(25)11-13-24-29(27,28)23-10-9-20-12-15-26(18-21(20)16-23)17-19-6-3-2-4-7-19;2*5-3(6)1-2-4(7)8;/h9-10,16,19,22,24H,2-8,11-15,17-18H2,1H3;2*1-2H,(H,5,6)(H,7,8);1H2/b;2*2-1+;/t22-;;;/m0.../s1. The van der Waals surface area contributed by atoms with Crippen molar-refractivity contribution in [2.45, 2.75) is 75.3 Å². The quantitative estimate of drug-likeness (QED) is 0.213. The molecule has 1 atom stereocenters. The molecule has 2 fully saturated rings. The number of carboxylic acid groups (broad SMARTS) is 4. The van der Waals surface area contributed by atoms with Crippen LogP contribution in [-0.2, 0) is 42.2 Å². The Morgan fingerprint density at radius 3 is 1.89 bits per heavy atom. The summed E-state index contributed by atoms with van der Waals surface area (Å²) < 4.78 is 28.5. The minimum atomic E-state index is -3.43. The summed E-state index contributed by atoms with van der Waals surface area (Å²) in [5, 5.41) is 31.2. The second-order valence-electron chi connectivity index (χ2n) is 11.4. The van der Waals surface area contributed by atoms with Gasteiger partial charge in [-0.1, -0.05) is 25.3 Å². The Balaban J connectivity index is 0.000000518. The summed E-state index contributed by atoms with van der Waals surface area (Å²) in [6.45, 7) is 4.80. The van der Waals surface area contributed by atoms with E-state index in [2.05, 4.69) is 21.6 Å². The lowest BCUT2D eigenvalue weighted by atomic mass is 9.88. The highest BCUT2D eigenvalue weighted by Gasteiger charge is 2.24. The van der Waals surface area contributed by atoms with Crippen LogP contribution in [0, 0.1) is 5.92 Å². The van der Waals surface area contributed by atoms with Gasteiger partial charge in [0.1, 0.15) is 0 Å². The molecule has 0 aromatic heterocycles. The first-order chi connectivity index (χ1) is 21.3. The van der Waals surface area contributed by atoms with Gasteiger partial charge in [0, 0.05) is 56.5 Å². The Kier molecular flexibility index (Phi) is 18.0. The second-order valence-corrected chi connectivity index (χ2v) is 13.2. The monoisotopic (exact) mass is 669 g/mol. The lowest BCUT2D eigenvalue weighted by molar-refractivity contribution is -0.134. The zero-order valence-corrected chi connectivity index (χ0v) is 27.0. The van der Waals surface area contributed by atoms with Crippen LogP contribution < -0.4 is 4.72 Å². The molecular weight excluding hydrogens is 622 g/mol. The summed E-state index contributed by atoms with van der Waals surface area (Å²) in [6, 6.07) is 6.26. The fraction of sp³-hybridized carbons (Fsp3) is 0.548. The number of likely N-dealkylation sites (tertiary alicyclic amines) is 1. The van der Waals surface area contributed by atoms with Gasteiger partial charge in [0.05, 0.1) is 4.90 Å². The molecule has 0 radical (unpaired) electrons. The second kappa shape index (κ2) is 20.5. The first-order valence-electron chi connectivity index (χ1n) is 15.1. The molecule has 0 bridgehead atoms. The number of sulfonamides is 1. The van der Waals surface area contributed by atoms with E-state index >= 15 is 0 Å². The highest BCUT2D eigenvalue weighted by Crippen LogP contribution is 2.28. The average Bonchev–Trinajstić information content (AvgIpc) is 3.40. The van der Waals surface area contributed by atoms with Crippen LogP contribution in [0.3, 0.4) is 0 Å². The molecule has 1 aromatic rings. The van der Waals surface area contributed by atoms with Crippen LogP contribution in [0.25, 0.3) is 0 Å². The van der Waals surface area contributed by atoms with Gasteiger partial charge < -0.3 is 30.8 Å². The molecule has 2 heterocycles.